The van der Waals surface area contributed by atoms with Gasteiger partial charge < -0.3 is 0 Å². The number of hydrogen-bond donors (Lipinski definition) is 0. The van der Waals surface area contributed by atoms with Gasteiger partial charge in [-0.15, -0.1) is 0 Å². The Morgan fingerprint density at radius 3 is 2.18 bits per heavy atom. The number of hydrogen-bond acceptors (Lipinski definition) is 4. The Hall–Kier alpha value is -3.43. The van der Waals surface area contributed by atoms with E-state index >= 15 is 0 Å². The van der Waals surface area contributed by atoms with Crippen molar-refractivity contribution in [3.63, 3.8) is 0 Å². The number of imide groups is 1. The summed E-state index contributed by atoms with van der Waals surface area (Å²) in [6.07, 6.45) is -6.04. The number of carbonyl (C=O) groups is 2. The van der Waals surface area contributed by atoms with Crippen LogP contribution >= 0.6 is 11.6 Å². The lowest BCUT2D eigenvalue weighted by Crippen LogP contribution is -2.37. The molecule has 34 heavy (non-hydrogen) atoms. The fourth-order valence-corrected chi connectivity index (χ4v) is 4.56. The fraction of sp³-hybridized carbons (Fsp3) is 0.167. The van der Waals surface area contributed by atoms with Gasteiger partial charge in [-0.05, 0) is 48.0 Å². The van der Waals surface area contributed by atoms with Gasteiger partial charge in [0.2, 0.25) is 5.91 Å². The van der Waals surface area contributed by atoms with Crippen LogP contribution in [-0.4, -0.2) is 17.9 Å². The average molecular weight is 491 g/mol. The fourth-order valence-electron chi connectivity index (χ4n) is 4.34. The summed E-state index contributed by atoms with van der Waals surface area (Å²) in [5.41, 5.74) is -0.350. The Balaban J connectivity index is 1.57. The molecule has 2 aliphatic heterocycles. The first-order valence-electron chi connectivity index (χ1n) is 10.2. The van der Waals surface area contributed by atoms with Crippen LogP contribution < -0.4 is 9.96 Å². The molecule has 2 saturated heterocycles. The summed E-state index contributed by atoms with van der Waals surface area (Å²) in [7, 11) is 0. The van der Waals surface area contributed by atoms with Crippen LogP contribution in [0.5, 0.6) is 0 Å². The summed E-state index contributed by atoms with van der Waals surface area (Å²) in [6, 6.07) is 16.1. The number of carbonyl (C=O) groups excluding carboxylic acids is 2. The zero-order valence-corrected chi connectivity index (χ0v) is 17.9. The Morgan fingerprint density at radius 1 is 0.853 bits per heavy atom. The molecule has 0 spiro atoms. The van der Waals surface area contributed by atoms with Crippen LogP contribution in [-0.2, 0) is 20.6 Å². The number of halogens is 5. The van der Waals surface area contributed by atoms with E-state index in [1.54, 1.807) is 30.3 Å². The maximum atomic E-state index is 13.6. The molecule has 0 N–H and O–H groups in total. The molecule has 3 atom stereocenters. The second-order valence-electron chi connectivity index (χ2n) is 7.88. The molecule has 174 valence electrons. The number of alkyl halides is 3. The molecule has 2 aliphatic rings. The van der Waals surface area contributed by atoms with Crippen LogP contribution in [0.4, 0.5) is 28.9 Å². The number of para-hydroxylation sites is 1. The smallest absolute Gasteiger partial charge is 0.273 e. The summed E-state index contributed by atoms with van der Waals surface area (Å²) in [5, 5.41) is 0.866. The van der Waals surface area contributed by atoms with Crippen molar-refractivity contribution in [3.8, 4) is 0 Å². The highest BCUT2D eigenvalue weighted by atomic mass is 35.5. The first-order chi connectivity index (χ1) is 16.2. The van der Waals surface area contributed by atoms with Gasteiger partial charge in [-0.25, -0.2) is 14.4 Å². The molecule has 5 rings (SSSR count). The molecule has 0 radical (unpaired) electrons. The van der Waals surface area contributed by atoms with Crippen molar-refractivity contribution in [3.05, 3.63) is 94.8 Å². The molecule has 3 aromatic carbocycles. The molecule has 3 aromatic rings. The molecular weight excluding hydrogens is 476 g/mol. The zero-order chi connectivity index (χ0) is 24.2. The Morgan fingerprint density at radius 2 is 1.53 bits per heavy atom. The Kier molecular flexibility index (Phi) is 5.33. The standard InChI is InChI=1S/C24H15ClF4N2O3/c25-18-11-10-16(12-17(18)24(27,28)29)30-22(32)19-20(13-6-8-14(26)9-7-13)31(34-21(19)23(30)33)15-4-2-1-3-5-15/h1-12,19-21H/t19-,20-,21+/m0/s1. The largest absolute Gasteiger partial charge is 0.417 e. The van der Waals surface area contributed by atoms with Crippen LogP contribution in [0.3, 0.4) is 0 Å². The summed E-state index contributed by atoms with van der Waals surface area (Å²) in [5.74, 6) is -3.07. The first kappa shape index (κ1) is 22.4. The second kappa shape index (κ2) is 8.11. The number of anilines is 2. The number of nitrogens with zero attached hydrogens (tertiary/aromatic N) is 2. The van der Waals surface area contributed by atoms with E-state index in [0.29, 0.717) is 22.2 Å². The average Bonchev–Trinajstić information content (AvgIpc) is 3.31. The lowest BCUT2D eigenvalue weighted by molar-refractivity contribution is -0.137. The van der Waals surface area contributed by atoms with Crippen LogP contribution in [0.15, 0.2) is 72.8 Å². The predicted molar refractivity (Wildman–Crippen MR) is 115 cm³/mol. The van der Waals surface area contributed by atoms with E-state index < -0.39 is 52.5 Å². The predicted octanol–water partition coefficient (Wildman–Crippen LogP) is 5.55. The van der Waals surface area contributed by atoms with Crippen molar-refractivity contribution < 1.29 is 32.0 Å². The van der Waals surface area contributed by atoms with Crippen molar-refractivity contribution in [2.75, 3.05) is 9.96 Å². The normalized spacial score (nSPS) is 22.4. The number of rotatable bonds is 3. The van der Waals surface area contributed by atoms with E-state index in [9.17, 15) is 27.2 Å². The summed E-state index contributed by atoms with van der Waals surface area (Å²) >= 11 is 5.69. The van der Waals surface area contributed by atoms with Gasteiger partial charge in [0, 0.05) is 0 Å². The topological polar surface area (TPSA) is 49.9 Å². The third-order valence-electron chi connectivity index (χ3n) is 5.85. The number of benzene rings is 3. The van der Waals surface area contributed by atoms with Crippen LogP contribution in [0.25, 0.3) is 0 Å². The summed E-state index contributed by atoms with van der Waals surface area (Å²) in [4.78, 5) is 33.3. The first-order valence-corrected chi connectivity index (χ1v) is 10.6. The SMILES string of the molecule is O=C1[C@@H]2[C@@H](ON(c3ccccc3)[C@H]2c2ccc(F)cc2)C(=O)N1c1ccc(Cl)c(C(F)(F)F)c1. The monoisotopic (exact) mass is 490 g/mol. The van der Waals surface area contributed by atoms with Crippen molar-refractivity contribution in [1.82, 2.24) is 0 Å². The lowest BCUT2D eigenvalue weighted by atomic mass is 9.90. The second-order valence-corrected chi connectivity index (χ2v) is 8.29. The van der Waals surface area contributed by atoms with Gasteiger partial charge in [-0.1, -0.05) is 41.9 Å². The van der Waals surface area contributed by atoms with Crippen LogP contribution in [0.2, 0.25) is 5.02 Å². The molecule has 0 bridgehead atoms. The number of amides is 2. The molecule has 0 saturated carbocycles. The maximum absolute atomic E-state index is 13.6. The summed E-state index contributed by atoms with van der Waals surface area (Å²) in [6.45, 7) is 0. The van der Waals surface area contributed by atoms with Crippen molar-refractivity contribution in [2.24, 2.45) is 5.92 Å². The molecule has 0 aliphatic carbocycles. The van der Waals surface area contributed by atoms with Crippen molar-refractivity contribution >= 4 is 34.8 Å². The third-order valence-corrected chi connectivity index (χ3v) is 6.18. The van der Waals surface area contributed by atoms with Crippen LogP contribution in [0.1, 0.15) is 17.2 Å². The maximum Gasteiger partial charge on any atom is 0.417 e. The molecule has 5 nitrogen and oxygen atoms in total. The summed E-state index contributed by atoms with van der Waals surface area (Å²) < 4.78 is 53.7. The number of hydroxylamine groups is 1. The van der Waals surface area contributed by atoms with Crippen molar-refractivity contribution in [2.45, 2.75) is 18.3 Å². The molecular formula is C24H15ClF4N2O3. The molecule has 10 heteroatoms. The van der Waals surface area contributed by atoms with E-state index in [0.717, 1.165) is 6.07 Å². The zero-order valence-electron chi connectivity index (χ0n) is 17.2. The van der Waals surface area contributed by atoms with Gasteiger partial charge in [0.1, 0.15) is 11.7 Å². The van der Waals surface area contributed by atoms with E-state index in [2.05, 4.69) is 0 Å². The van der Waals surface area contributed by atoms with Gasteiger partial charge in [-0.2, -0.15) is 13.2 Å². The highest BCUT2D eigenvalue weighted by molar-refractivity contribution is 6.31. The minimum Gasteiger partial charge on any atom is -0.273 e. The van der Waals surface area contributed by atoms with Gasteiger partial charge in [0.25, 0.3) is 5.91 Å². The van der Waals surface area contributed by atoms with Gasteiger partial charge in [0.05, 0.1) is 28.0 Å². The molecule has 2 amide bonds. The third kappa shape index (κ3) is 3.61. The van der Waals surface area contributed by atoms with Gasteiger partial charge in [-0.3, -0.25) is 14.4 Å². The highest BCUT2D eigenvalue weighted by Crippen LogP contribution is 2.48. The minimum atomic E-state index is -4.77. The van der Waals surface area contributed by atoms with Crippen LogP contribution in [0, 0.1) is 11.7 Å². The highest BCUT2D eigenvalue weighted by Gasteiger charge is 2.60. The number of fused-ring (bicyclic) bond motifs is 1. The van der Waals surface area contributed by atoms with E-state index in [1.165, 1.54) is 35.4 Å². The molecule has 0 aromatic heterocycles. The van der Waals surface area contributed by atoms with E-state index in [-0.39, 0.29) is 5.69 Å². The Labute approximate surface area is 196 Å². The Bertz CT molecular complexity index is 1270. The lowest BCUT2D eigenvalue weighted by Gasteiger charge is -2.29. The quantitative estimate of drug-likeness (QED) is 0.357. The van der Waals surface area contributed by atoms with Crippen molar-refractivity contribution in [1.29, 1.82) is 0 Å². The molecule has 2 heterocycles. The van der Waals surface area contributed by atoms with E-state index in [1.807, 2.05) is 0 Å². The van der Waals surface area contributed by atoms with E-state index in [4.69, 9.17) is 16.4 Å². The van der Waals surface area contributed by atoms with Gasteiger partial charge in [0.15, 0.2) is 6.10 Å². The van der Waals surface area contributed by atoms with Gasteiger partial charge >= 0.3 is 6.18 Å². The molecule has 0 unspecified atom stereocenters. The molecule has 2 fully saturated rings. The minimum absolute atomic E-state index is 0.256.